The van der Waals surface area contributed by atoms with Gasteiger partial charge in [0, 0.05) is 31.2 Å². The first-order valence-electron chi connectivity index (χ1n) is 8.56. The Morgan fingerprint density at radius 1 is 1.09 bits per heavy atom. The molecule has 0 spiro atoms. The fourth-order valence-corrected chi connectivity index (χ4v) is 3.74. The summed E-state index contributed by atoms with van der Waals surface area (Å²) in [6.07, 6.45) is 4.63. The number of para-hydroxylation sites is 2. The Hall–Kier alpha value is -1.66. The predicted octanol–water partition coefficient (Wildman–Crippen LogP) is 2.57. The van der Waals surface area contributed by atoms with Gasteiger partial charge < -0.3 is 15.1 Å². The number of nitro groups is 1. The van der Waals surface area contributed by atoms with Crippen LogP contribution in [0.3, 0.4) is 0 Å². The molecule has 1 aromatic rings. The maximum Gasteiger partial charge on any atom is 0.292 e. The Balaban J connectivity index is 1.53. The van der Waals surface area contributed by atoms with E-state index >= 15 is 0 Å². The lowest BCUT2D eigenvalue weighted by molar-refractivity contribution is -0.384. The van der Waals surface area contributed by atoms with Crippen LogP contribution in [0, 0.1) is 10.1 Å². The molecule has 0 saturated carbocycles. The third kappa shape index (κ3) is 4.00. The van der Waals surface area contributed by atoms with Gasteiger partial charge in [0.25, 0.3) is 5.69 Å². The second kappa shape index (κ2) is 7.27. The zero-order valence-electron chi connectivity index (χ0n) is 13.8. The Labute approximate surface area is 137 Å². The Morgan fingerprint density at radius 3 is 2.39 bits per heavy atom. The van der Waals surface area contributed by atoms with E-state index in [4.69, 9.17) is 0 Å². The summed E-state index contributed by atoms with van der Waals surface area (Å²) in [4.78, 5) is 15.8. The highest BCUT2D eigenvalue weighted by atomic mass is 16.6. The molecule has 126 valence electrons. The van der Waals surface area contributed by atoms with Crippen LogP contribution in [0.4, 0.5) is 11.4 Å². The van der Waals surface area contributed by atoms with E-state index in [1.807, 2.05) is 12.1 Å². The topological polar surface area (TPSA) is 61.6 Å². The van der Waals surface area contributed by atoms with Crippen molar-refractivity contribution in [1.29, 1.82) is 0 Å². The van der Waals surface area contributed by atoms with Crippen LogP contribution >= 0.6 is 0 Å². The molecule has 2 aliphatic heterocycles. The van der Waals surface area contributed by atoms with E-state index in [-0.39, 0.29) is 10.6 Å². The molecule has 23 heavy (non-hydrogen) atoms. The number of benzene rings is 1. The second-order valence-corrected chi connectivity index (χ2v) is 6.76. The number of hydrogen-bond donors (Lipinski definition) is 1. The van der Waals surface area contributed by atoms with Crippen molar-refractivity contribution >= 4 is 11.4 Å². The van der Waals surface area contributed by atoms with Crippen molar-refractivity contribution in [1.82, 2.24) is 9.80 Å². The molecule has 2 heterocycles. The van der Waals surface area contributed by atoms with Crippen molar-refractivity contribution in [2.75, 3.05) is 38.5 Å². The van der Waals surface area contributed by atoms with Crippen LogP contribution in [0.25, 0.3) is 0 Å². The van der Waals surface area contributed by atoms with Crippen molar-refractivity contribution in [3.8, 4) is 0 Å². The van der Waals surface area contributed by atoms with E-state index in [2.05, 4.69) is 22.2 Å². The lowest BCUT2D eigenvalue weighted by Gasteiger charge is -2.41. The first-order chi connectivity index (χ1) is 11.1. The molecule has 2 saturated heterocycles. The van der Waals surface area contributed by atoms with Gasteiger partial charge in [0.1, 0.15) is 5.69 Å². The number of nitrogens with zero attached hydrogens (tertiary/aromatic N) is 3. The van der Waals surface area contributed by atoms with Crippen LogP contribution in [0.1, 0.15) is 25.7 Å². The summed E-state index contributed by atoms with van der Waals surface area (Å²) < 4.78 is 0. The number of nitrogens with one attached hydrogen (secondary N) is 1. The van der Waals surface area contributed by atoms with Crippen molar-refractivity contribution in [3.63, 3.8) is 0 Å². The highest BCUT2D eigenvalue weighted by Crippen LogP contribution is 2.27. The van der Waals surface area contributed by atoms with Gasteiger partial charge in [-0.3, -0.25) is 10.1 Å². The van der Waals surface area contributed by atoms with E-state index in [0.29, 0.717) is 11.7 Å². The van der Waals surface area contributed by atoms with Gasteiger partial charge >= 0.3 is 0 Å². The fourth-order valence-electron chi connectivity index (χ4n) is 3.74. The Kier molecular flexibility index (Phi) is 5.13. The SMILES string of the molecule is CN1CCC(N2CCC(Nc3ccccc3[N+](=O)[O-])CC2)CC1. The van der Waals surface area contributed by atoms with Gasteiger partial charge in [0.2, 0.25) is 0 Å². The van der Waals surface area contributed by atoms with Gasteiger partial charge in [-0.1, -0.05) is 12.1 Å². The van der Waals surface area contributed by atoms with Gasteiger partial charge in [0.05, 0.1) is 4.92 Å². The maximum atomic E-state index is 11.1. The van der Waals surface area contributed by atoms with Gasteiger partial charge in [-0.15, -0.1) is 0 Å². The first-order valence-corrected chi connectivity index (χ1v) is 8.56. The van der Waals surface area contributed by atoms with Crippen LogP contribution < -0.4 is 5.32 Å². The molecule has 0 aliphatic carbocycles. The molecule has 0 amide bonds. The Bertz CT molecular complexity index is 535. The van der Waals surface area contributed by atoms with Gasteiger partial charge in [-0.2, -0.15) is 0 Å². The summed E-state index contributed by atoms with van der Waals surface area (Å²) in [5.41, 5.74) is 0.820. The van der Waals surface area contributed by atoms with Crippen LogP contribution in [0.2, 0.25) is 0 Å². The summed E-state index contributed by atoms with van der Waals surface area (Å²) in [6, 6.07) is 7.99. The average molecular weight is 318 g/mol. The first kappa shape index (κ1) is 16.2. The normalized spacial score (nSPS) is 22.1. The third-order valence-electron chi connectivity index (χ3n) is 5.19. The van der Waals surface area contributed by atoms with Gasteiger partial charge in [-0.25, -0.2) is 0 Å². The Morgan fingerprint density at radius 2 is 1.74 bits per heavy atom. The second-order valence-electron chi connectivity index (χ2n) is 6.76. The molecular formula is C17H26N4O2. The van der Waals surface area contributed by atoms with Crippen molar-refractivity contribution < 1.29 is 4.92 Å². The minimum Gasteiger partial charge on any atom is -0.377 e. The van der Waals surface area contributed by atoms with Crippen molar-refractivity contribution in [2.45, 2.75) is 37.8 Å². The third-order valence-corrected chi connectivity index (χ3v) is 5.19. The smallest absolute Gasteiger partial charge is 0.292 e. The molecule has 0 unspecified atom stereocenters. The molecule has 0 atom stereocenters. The zero-order chi connectivity index (χ0) is 16.2. The summed E-state index contributed by atoms with van der Waals surface area (Å²) in [5, 5.41) is 14.5. The minimum atomic E-state index is -0.310. The molecule has 0 radical (unpaired) electrons. The molecule has 2 fully saturated rings. The van der Waals surface area contributed by atoms with E-state index in [1.165, 1.54) is 25.9 Å². The molecule has 2 aliphatic rings. The largest absolute Gasteiger partial charge is 0.377 e. The highest BCUT2D eigenvalue weighted by molar-refractivity contribution is 5.61. The number of piperidine rings is 2. The van der Waals surface area contributed by atoms with E-state index in [9.17, 15) is 10.1 Å². The van der Waals surface area contributed by atoms with Crippen LogP contribution in [0.5, 0.6) is 0 Å². The predicted molar refractivity (Wildman–Crippen MR) is 91.8 cm³/mol. The number of rotatable bonds is 4. The molecule has 1 N–H and O–H groups in total. The number of hydrogen-bond acceptors (Lipinski definition) is 5. The molecule has 0 aromatic heterocycles. The number of nitro benzene ring substituents is 1. The van der Waals surface area contributed by atoms with E-state index in [0.717, 1.165) is 32.0 Å². The summed E-state index contributed by atoms with van der Waals surface area (Å²) in [5.74, 6) is 0. The average Bonchev–Trinajstić information content (AvgIpc) is 2.57. The highest BCUT2D eigenvalue weighted by Gasteiger charge is 2.28. The van der Waals surface area contributed by atoms with E-state index in [1.54, 1.807) is 12.1 Å². The molecule has 3 rings (SSSR count). The summed E-state index contributed by atoms with van der Waals surface area (Å²) >= 11 is 0. The fraction of sp³-hybridized carbons (Fsp3) is 0.647. The zero-order valence-corrected chi connectivity index (χ0v) is 13.8. The number of anilines is 1. The van der Waals surface area contributed by atoms with E-state index < -0.39 is 0 Å². The van der Waals surface area contributed by atoms with Gasteiger partial charge in [0.15, 0.2) is 0 Å². The lowest BCUT2D eigenvalue weighted by atomic mass is 9.98. The summed E-state index contributed by atoms with van der Waals surface area (Å²) in [7, 11) is 2.19. The lowest BCUT2D eigenvalue weighted by Crippen LogP contribution is -2.48. The molecule has 1 aromatic carbocycles. The van der Waals surface area contributed by atoms with Crippen molar-refractivity contribution in [2.24, 2.45) is 0 Å². The molecule has 0 bridgehead atoms. The standard InChI is InChI=1S/C17H26N4O2/c1-19-10-8-15(9-11-19)20-12-6-14(7-13-20)18-16-4-2-3-5-17(16)21(22)23/h2-5,14-15,18H,6-13H2,1H3. The molecule has 6 heteroatoms. The minimum absolute atomic E-state index is 0.172. The molecule has 6 nitrogen and oxygen atoms in total. The van der Waals surface area contributed by atoms with Crippen LogP contribution in [-0.2, 0) is 0 Å². The molecular weight excluding hydrogens is 292 g/mol. The quantitative estimate of drug-likeness (QED) is 0.683. The van der Waals surface area contributed by atoms with Crippen LogP contribution in [0.15, 0.2) is 24.3 Å². The monoisotopic (exact) mass is 318 g/mol. The van der Waals surface area contributed by atoms with Crippen molar-refractivity contribution in [3.05, 3.63) is 34.4 Å². The number of likely N-dealkylation sites (tertiary alicyclic amines) is 2. The van der Waals surface area contributed by atoms with Gasteiger partial charge in [-0.05, 0) is 51.9 Å². The maximum absolute atomic E-state index is 11.1. The summed E-state index contributed by atoms with van der Waals surface area (Å²) in [6.45, 7) is 4.57. The van der Waals surface area contributed by atoms with Crippen LogP contribution in [-0.4, -0.2) is 60.0 Å².